The topological polar surface area (TPSA) is 57.0 Å². The van der Waals surface area contributed by atoms with Crippen molar-refractivity contribution in [3.8, 4) is 22.8 Å². The standard InChI is InChI=1S/C25H19ClF3N3O2/c26-23-4-2-1-3-19(23)15-21(33)12-7-17-5-8-18(9-6-17)24-30-16-32(31-24)20-10-13-22(14-11-20)34-25(27,28)29/h1-6,8-11,13-14,16H,7,12,15H2. The van der Waals surface area contributed by atoms with Crippen molar-refractivity contribution in [3.05, 3.63) is 95.3 Å². The molecule has 0 saturated carbocycles. The van der Waals surface area contributed by atoms with E-state index >= 15 is 0 Å². The number of carbonyl (C=O) groups excluding carboxylic acids is 1. The van der Waals surface area contributed by atoms with Gasteiger partial charge >= 0.3 is 6.36 Å². The van der Waals surface area contributed by atoms with Gasteiger partial charge in [0.1, 0.15) is 17.9 Å². The van der Waals surface area contributed by atoms with Crippen LogP contribution in [-0.4, -0.2) is 26.9 Å². The Morgan fingerprint density at radius 2 is 1.68 bits per heavy atom. The largest absolute Gasteiger partial charge is 0.573 e. The number of alkyl halides is 3. The normalized spacial score (nSPS) is 11.4. The molecule has 0 aliphatic heterocycles. The van der Waals surface area contributed by atoms with E-state index in [1.165, 1.54) is 35.3 Å². The number of hydrogen-bond donors (Lipinski definition) is 0. The number of Topliss-reactive ketones (excluding diaryl/α,β-unsaturated/α-hetero) is 1. The Labute approximate surface area is 198 Å². The second-order valence-electron chi connectivity index (χ2n) is 7.56. The van der Waals surface area contributed by atoms with Gasteiger partial charge in [-0.1, -0.05) is 54.1 Å². The molecule has 0 spiro atoms. The third-order valence-electron chi connectivity index (χ3n) is 5.08. The Bertz CT molecular complexity index is 1270. The Morgan fingerprint density at radius 3 is 2.35 bits per heavy atom. The summed E-state index contributed by atoms with van der Waals surface area (Å²) in [7, 11) is 0. The monoisotopic (exact) mass is 485 g/mol. The minimum Gasteiger partial charge on any atom is -0.406 e. The molecular weight excluding hydrogens is 467 g/mol. The molecule has 4 rings (SSSR count). The summed E-state index contributed by atoms with van der Waals surface area (Å²) in [6, 6.07) is 20.2. The number of ether oxygens (including phenoxy) is 1. The van der Waals surface area contributed by atoms with Gasteiger partial charge in [-0.05, 0) is 47.9 Å². The van der Waals surface area contributed by atoms with Crippen molar-refractivity contribution in [2.45, 2.75) is 25.6 Å². The predicted molar refractivity (Wildman–Crippen MR) is 122 cm³/mol. The van der Waals surface area contributed by atoms with Gasteiger partial charge < -0.3 is 4.74 Å². The van der Waals surface area contributed by atoms with Crippen LogP contribution in [0, 0.1) is 0 Å². The Morgan fingerprint density at radius 1 is 0.971 bits per heavy atom. The number of benzene rings is 3. The van der Waals surface area contributed by atoms with Crippen molar-refractivity contribution in [1.29, 1.82) is 0 Å². The van der Waals surface area contributed by atoms with Gasteiger partial charge in [0.15, 0.2) is 5.82 Å². The highest BCUT2D eigenvalue weighted by Gasteiger charge is 2.31. The van der Waals surface area contributed by atoms with Crippen LogP contribution < -0.4 is 4.74 Å². The minimum atomic E-state index is -4.74. The Kier molecular flexibility index (Phi) is 6.98. The van der Waals surface area contributed by atoms with E-state index < -0.39 is 6.36 Å². The van der Waals surface area contributed by atoms with Gasteiger partial charge in [-0.2, -0.15) is 0 Å². The van der Waals surface area contributed by atoms with Crippen LogP contribution in [0.15, 0.2) is 79.1 Å². The molecule has 0 aliphatic rings. The van der Waals surface area contributed by atoms with E-state index in [0.29, 0.717) is 35.8 Å². The average molecular weight is 486 g/mol. The van der Waals surface area contributed by atoms with Gasteiger partial charge in [-0.25, -0.2) is 9.67 Å². The molecule has 34 heavy (non-hydrogen) atoms. The molecule has 5 nitrogen and oxygen atoms in total. The van der Waals surface area contributed by atoms with Crippen LogP contribution in [-0.2, 0) is 17.6 Å². The summed E-state index contributed by atoms with van der Waals surface area (Å²) in [6.45, 7) is 0. The number of hydrogen-bond acceptors (Lipinski definition) is 4. The second kappa shape index (κ2) is 10.1. The average Bonchev–Trinajstić information content (AvgIpc) is 3.29. The summed E-state index contributed by atoms with van der Waals surface area (Å²) in [4.78, 5) is 16.6. The maximum Gasteiger partial charge on any atom is 0.573 e. The molecule has 3 aromatic carbocycles. The van der Waals surface area contributed by atoms with Gasteiger partial charge in [0, 0.05) is 23.4 Å². The van der Waals surface area contributed by atoms with Crippen LogP contribution in [0.5, 0.6) is 5.75 Å². The second-order valence-corrected chi connectivity index (χ2v) is 7.97. The maximum absolute atomic E-state index is 12.3. The summed E-state index contributed by atoms with van der Waals surface area (Å²) in [5.41, 5.74) is 3.16. The van der Waals surface area contributed by atoms with Gasteiger partial charge in [0.2, 0.25) is 0 Å². The molecule has 0 aliphatic carbocycles. The van der Waals surface area contributed by atoms with E-state index in [1.807, 2.05) is 42.5 Å². The number of rotatable bonds is 8. The van der Waals surface area contributed by atoms with E-state index in [0.717, 1.165) is 16.7 Å². The van der Waals surface area contributed by atoms with Crippen molar-refractivity contribution < 1.29 is 22.7 Å². The lowest BCUT2D eigenvalue weighted by atomic mass is 10.0. The molecule has 1 heterocycles. The summed E-state index contributed by atoms with van der Waals surface area (Å²) in [5, 5.41) is 4.98. The lowest BCUT2D eigenvalue weighted by Crippen LogP contribution is -2.17. The molecule has 1 aromatic heterocycles. The van der Waals surface area contributed by atoms with Gasteiger partial charge in [-0.3, -0.25) is 4.79 Å². The smallest absolute Gasteiger partial charge is 0.406 e. The van der Waals surface area contributed by atoms with E-state index in [9.17, 15) is 18.0 Å². The van der Waals surface area contributed by atoms with E-state index in [1.54, 1.807) is 6.07 Å². The number of nitrogens with zero attached hydrogens (tertiary/aromatic N) is 3. The fraction of sp³-hybridized carbons (Fsp3) is 0.160. The minimum absolute atomic E-state index is 0.115. The van der Waals surface area contributed by atoms with Crippen LogP contribution in [0.25, 0.3) is 17.1 Å². The van der Waals surface area contributed by atoms with Crippen molar-refractivity contribution in [1.82, 2.24) is 14.8 Å². The zero-order valence-corrected chi connectivity index (χ0v) is 18.6. The lowest BCUT2D eigenvalue weighted by Gasteiger charge is -2.09. The van der Waals surface area contributed by atoms with E-state index in [4.69, 9.17) is 11.6 Å². The fourth-order valence-electron chi connectivity index (χ4n) is 3.37. The Balaban J connectivity index is 1.35. The van der Waals surface area contributed by atoms with Crippen LogP contribution in [0.4, 0.5) is 13.2 Å². The first-order chi connectivity index (χ1) is 16.3. The molecule has 0 amide bonds. The van der Waals surface area contributed by atoms with Gasteiger partial charge in [0.05, 0.1) is 5.69 Å². The first-order valence-electron chi connectivity index (χ1n) is 10.4. The fourth-order valence-corrected chi connectivity index (χ4v) is 3.57. The third kappa shape index (κ3) is 6.23. The van der Waals surface area contributed by atoms with Crippen molar-refractivity contribution in [2.75, 3.05) is 0 Å². The summed E-state index contributed by atoms with van der Waals surface area (Å²) in [6.07, 6.45) is -1.93. The molecule has 0 atom stereocenters. The molecule has 0 radical (unpaired) electrons. The van der Waals surface area contributed by atoms with Crippen LogP contribution in [0.2, 0.25) is 5.02 Å². The molecule has 174 valence electrons. The molecule has 0 bridgehead atoms. The number of ketones is 1. The molecule has 0 fully saturated rings. The number of aromatic nitrogens is 3. The predicted octanol–water partition coefficient (Wildman–Crippen LogP) is 6.23. The number of aryl methyl sites for hydroxylation is 1. The molecule has 9 heteroatoms. The highest BCUT2D eigenvalue weighted by Crippen LogP contribution is 2.24. The van der Waals surface area contributed by atoms with E-state index in [-0.39, 0.29) is 11.5 Å². The molecule has 0 N–H and O–H groups in total. The number of carbonyl (C=O) groups is 1. The van der Waals surface area contributed by atoms with Crippen molar-refractivity contribution in [2.24, 2.45) is 0 Å². The molecule has 0 saturated heterocycles. The van der Waals surface area contributed by atoms with Crippen LogP contribution in [0.3, 0.4) is 0 Å². The molecular formula is C25H19ClF3N3O2. The van der Waals surface area contributed by atoms with Crippen LogP contribution >= 0.6 is 11.6 Å². The van der Waals surface area contributed by atoms with Crippen molar-refractivity contribution >= 4 is 17.4 Å². The maximum atomic E-state index is 12.3. The number of halogens is 4. The zero-order valence-electron chi connectivity index (χ0n) is 17.8. The summed E-state index contributed by atoms with van der Waals surface area (Å²) in [5.74, 6) is 0.277. The highest BCUT2D eigenvalue weighted by molar-refractivity contribution is 6.31. The first kappa shape index (κ1) is 23.5. The van der Waals surface area contributed by atoms with Gasteiger partial charge in [-0.15, -0.1) is 18.3 Å². The van der Waals surface area contributed by atoms with E-state index in [2.05, 4.69) is 14.8 Å². The third-order valence-corrected chi connectivity index (χ3v) is 5.45. The molecule has 4 aromatic rings. The summed E-state index contributed by atoms with van der Waals surface area (Å²) < 4.78 is 42.3. The first-order valence-corrected chi connectivity index (χ1v) is 10.8. The van der Waals surface area contributed by atoms with Gasteiger partial charge in [0.25, 0.3) is 0 Å². The molecule has 0 unspecified atom stereocenters. The highest BCUT2D eigenvalue weighted by atomic mass is 35.5. The lowest BCUT2D eigenvalue weighted by molar-refractivity contribution is -0.274. The SMILES string of the molecule is O=C(CCc1ccc(-c2ncn(-c3ccc(OC(F)(F)F)cc3)n2)cc1)Cc1ccccc1Cl. The zero-order chi connectivity index (χ0) is 24.1. The van der Waals surface area contributed by atoms with Crippen LogP contribution in [0.1, 0.15) is 17.5 Å². The van der Waals surface area contributed by atoms with Crippen molar-refractivity contribution in [3.63, 3.8) is 0 Å². The Hall–Kier alpha value is -3.65. The summed E-state index contributed by atoms with van der Waals surface area (Å²) >= 11 is 6.12. The quantitative estimate of drug-likeness (QED) is 0.297.